The number of guanidine groups is 1. The van der Waals surface area contributed by atoms with E-state index in [2.05, 4.69) is 16.6 Å². The van der Waals surface area contributed by atoms with E-state index in [1.54, 1.807) is 17.0 Å². The van der Waals surface area contributed by atoms with Crippen molar-refractivity contribution in [1.29, 1.82) is 0 Å². The van der Waals surface area contributed by atoms with E-state index in [1.807, 2.05) is 6.07 Å². The standard InChI is InChI=1S/C22H35N5O3S/c1-16-11-14-27(15-12-16)21(28)19(9-5-13-25-22(23)24)26-31(29,30)20-10-4-7-17-6-2-3-8-18(17)20/h4,7,10,16,19,26H,2-3,5-6,8-9,11-15H2,1H3,(H4,23,24,25). The van der Waals surface area contributed by atoms with Crippen LogP contribution in [0, 0.1) is 5.92 Å². The normalized spacial score (nSPS) is 18.3. The number of sulfonamides is 1. The van der Waals surface area contributed by atoms with E-state index in [0.717, 1.165) is 49.7 Å². The number of hydrogen-bond donors (Lipinski definition) is 3. The van der Waals surface area contributed by atoms with Gasteiger partial charge >= 0.3 is 0 Å². The Morgan fingerprint density at radius 2 is 1.94 bits per heavy atom. The van der Waals surface area contributed by atoms with E-state index in [1.165, 1.54) is 0 Å². The highest BCUT2D eigenvalue weighted by Gasteiger charge is 2.32. The number of carbonyl (C=O) groups is 1. The first-order chi connectivity index (χ1) is 14.8. The largest absolute Gasteiger partial charge is 0.370 e. The number of aliphatic imine (C=N–C) groups is 1. The number of fused-ring (bicyclic) bond motifs is 1. The molecule has 1 atom stereocenters. The van der Waals surface area contributed by atoms with Gasteiger partial charge in [-0.2, -0.15) is 4.72 Å². The number of likely N-dealkylation sites (tertiary alicyclic amines) is 1. The Morgan fingerprint density at radius 1 is 1.23 bits per heavy atom. The minimum atomic E-state index is -3.83. The van der Waals surface area contributed by atoms with Crippen molar-refractivity contribution < 1.29 is 13.2 Å². The first kappa shape index (κ1) is 23.5. The number of hydrogen-bond acceptors (Lipinski definition) is 4. The van der Waals surface area contributed by atoms with Crippen molar-refractivity contribution in [3.8, 4) is 0 Å². The lowest BCUT2D eigenvalue weighted by Crippen LogP contribution is -2.50. The second kappa shape index (κ2) is 10.5. The molecule has 0 spiro atoms. The molecule has 1 fully saturated rings. The Hall–Kier alpha value is -2.13. The van der Waals surface area contributed by atoms with E-state index in [9.17, 15) is 13.2 Å². The highest BCUT2D eigenvalue weighted by Crippen LogP contribution is 2.28. The van der Waals surface area contributed by atoms with Crippen LogP contribution in [0.3, 0.4) is 0 Å². The number of benzene rings is 1. The molecule has 0 bridgehead atoms. The quantitative estimate of drug-likeness (QED) is 0.315. The van der Waals surface area contributed by atoms with Gasteiger partial charge in [-0.05, 0) is 74.5 Å². The summed E-state index contributed by atoms with van der Waals surface area (Å²) in [7, 11) is -3.83. The number of nitrogens with zero attached hydrogens (tertiary/aromatic N) is 2. The fourth-order valence-electron chi connectivity index (χ4n) is 4.43. The number of nitrogens with one attached hydrogen (secondary N) is 1. The van der Waals surface area contributed by atoms with Crippen molar-refractivity contribution in [2.24, 2.45) is 22.4 Å². The molecular formula is C22H35N5O3S. The number of carbonyl (C=O) groups excluding carboxylic acids is 1. The monoisotopic (exact) mass is 449 g/mol. The molecule has 1 aliphatic heterocycles. The van der Waals surface area contributed by atoms with Gasteiger partial charge in [0, 0.05) is 19.6 Å². The molecule has 8 nitrogen and oxygen atoms in total. The van der Waals surface area contributed by atoms with E-state index in [-0.39, 0.29) is 11.9 Å². The zero-order valence-corrected chi connectivity index (χ0v) is 19.2. The molecule has 31 heavy (non-hydrogen) atoms. The molecule has 9 heteroatoms. The fraction of sp³-hybridized carbons (Fsp3) is 0.636. The first-order valence-electron chi connectivity index (χ1n) is 11.2. The summed E-state index contributed by atoms with van der Waals surface area (Å²) in [5, 5.41) is 0. The van der Waals surface area contributed by atoms with Gasteiger partial charge in [-0.3, -0.25) is 9.79 Å². The van der Waals surface area contributed by atoms with Crippen LogP contribution < -0.4 is 16.2 Å². The number of amides is 1. The number of rotatable bonds is 8. The smallest absolute Gasteiger partial charge is 0.241 e. The summed E-state index contributed by atoms with van der Waals surface area (Å²) < 4.78 is 29.4. The lowest BCUT2D eigenvalue weighted by molar-refractivity contribution is -0.134. The summed E-state index contributed by atoms with van der Waals surface area (Å²) in [4.78, 5) is 19.3. The molecule has 1 aromatic rings. The van der Waals surface area contributed by atoms with Gasteiger partial charge in [-0.25, -0.2) is 8.42 Å². The Labute approximate surface area is 185 Å². The lowest BCUT2D eigenvalue weighted by atomic mass is 9.92. The van der Waals surface area contributed by atoms with Gasteiger partial charge in [0.25, 0.3) is 0 Å². The van der Waals surface area contributed by atoms with Crippen LogP contribution >= 0.6 is 0 Å². The second-order valence-corrected chi connectivity index (χ2v) is 10.4. The molecule has 1 amide bonds. The van der Waals surface area contributed by atoms with E-state index in [0.29, 0.717) is 43.3 Å². The molecule has 3 rings (SSSR count). The highest BCUT2D eigenvalue weighted by atomic mass is 32.2. The molecule has 1 saturated heterocycles. The summed E-state index contributed by atoms with van der Waals surface area (Å²) in [5.41, 5.74) is 12.7. The predicted molar refractivity (Wildman–Crippen MR) is 122 cm³/mol. The van der Waals surface area contributed by atoms with Gasteiger partial charge in [-0.15, -0.1) is 0 Å². The fourth-order valence-corrected chi connectivity index (χ4v) is 5.97. The summed E-state index contributed by atoms with van der Waals surface area (Å²) >= 11 is 0. The molecule has 1 unspecified atom stereocenters. The van der Waals surface area contributed by atoms with Gasteiger partial charge in [0.05, 0.1) is 4.90 Å². The maximum atomic E-state index is 13.3. The topological polar surface area (TPSA) is 131 Å². The van der Waals surface area contributed by atoms with Crippen molar-refractivity contribution in [2.75, 3.05) is 19.6 Å². The van der Waals surface area contributed by atoms with E-state index < -0.39 is 16.1 Å². The van der Waals surface area contributed by atoms with Crippen molar-refractivity contribution in [1.82, 2.24) is 9.62 Å². The average molecular weight is 450 g/mol. The zero-order valence-electron chi connectivity index (χ0n) is 18.3. The number of aryl methyl sites for hydroxylation is 1. The van der Waals surface area contributed by atoms with Crippen molar-refractivity contribution in [3.05, 3.63) is 29.3 Å². The maximum Gasteiger partial charge on any atom is 0.241 e. The molecule has 2 aliphatic rings. The van der Waals surface area contributed by atoms with Crippen LogP contribution in [0.25, 0.3) is 0 Å². The van der Waals surface area contributed by atoms with Gasteiger partial charge in [0.2, 0.25) is 15.9 Å². The van der Waals surface area contributed by atoms with Gasteiger partial charge in [0.1, 0.15) is 6.04 Å². The SMILES string of the molecule is CC1CCN(C(=O)C(CCCN=C(N)N)NS(=O)(=O)c2cccc3c2CCCC3)CC1. The highest BCUT2D eigenvalue weighted by molar-refractivity contribution is 7.89. The number of nitrogens with two attached hydrogens (primary N) is 2. The van der Waals surface area contributed by atoms with Crippen molar-refractivity contribution in [2.45, 2.75) is 69.2 Å². The second-order valence-electron chi connectivity index (χ2n) is 8.73. The maximum absolute atomic E-state index is 13.3. The number of piperidine rings is 1. The molecule has 0 radical (unpaired) electrons. The molecule has 5 N–H and O–H groups in total. The molecule has 172 valence electrons. The minimum Gasteiger partial charge on any atom is -0.370 e. The molecule has 1 aliphatic carbocycles. The Balaban J connectivity index is 1.79. The summed E-state index contributed by atoms with van der Waals surface area (Å²) in [6.07, 6.45) is 6.42. The minimum absolute atomic E-state index is 0.00983. The first-order valence-corrected chi connectivity index (χ1v) is 12.7. The van der Waals surface area contributed by atoms with Crippen LogP contribution in [0.15, 0.2) is 28.1 Å². The predicted octanol–water partition coefficient (Wildman–Crippen LogP) is 1.52. The van der Waals surface area contributed by atoms with E-state index >= 15 is 0 Å². The summed E-state index contributed by atoms with van der Waals surface area (Å²) in [6.45, 7) is 3.85. The third-order valence-corrected chi connectivity index (χ3v) is 7.83. The van der Waals surface area contributed by atoms with Crippen LogP contribution in [0.1, 0.15) is 56.6 Å². The lowest BCUT2D eigenvalue weighted by Gasteiger charge is -2.33. The van der Waals surface area contributed by atoms with Gasteiger partial charge in [0.15, 0.2) is 5.96 Å². The summed E-state index contributed by atoms with van der Waals surface area (Å²) in [5.74, 6) is 0.409. The molecular weight excluding hydrogens is 414 g/mol. The van der Waals surface area contributed by atoms with Crippen molar-refractivity contribution >= 4 is 21.9 Å². The molecule has 0 saturated carbocycles. The van der Waals surface area contributed by atoms with Crippen LogP contribution in [0.4, 0.5) is 0 Å². The molecule has 1 aromatic carbocycles. The van der Waals surface area contributed by atoms with Crippen molar-refractivity contribution in [3.63, 3.8) is 0 Å². The zero-order chi connectivity index (χ0) is 22.4. The average Bonchev–Trinajstić information content (AvgIpc) is 2.75. The van der Waals surface area contributed by atoms with Crippen LogP contribution in [0.2, 0.25) is 0 Å². The summed E-state index contributed by atoms with van der Waals surface area (Å²) in [6, 6.07) is 4.61. The Morgan fingerprint density at radius 3 is 2.65 bits per heavy atom. The van der Waals surface area contributed by atoms with Gasteiger partial charge in [-0.1, -0.05) is 19.1 Å². The van der Waals surface area contributed by atoms with Crippen LogP contribution in [-0.4, -0.2) is 50.9 Å². The third-order valence-electron chi connectivity index (χ3n) is 6.28. The van der Waals surface area contributed by atoms with Crippen LogP contribution in [0.5, 0.6) is 0 Å². The molecule has 1 heterocycles. The Bertz CT molecular complexity index is 904. The Kier molecular flexibility index (Phi) is 7.94. The van der Waals surface area contributed by atoms with E-state index in [4.69, 9.17) is 11.5 Å². The third kappa shape index (κ3) is 6.20. The van der Waals surface area contributed by atoms with Gasteiger partial charge < -0.3 is 16.4 Å². The molecule has 0 aromatic heterocycles. The van der Waals surface area contributed by atoms with Crippen LogP contribution in [-0.2, 0) is 27.7 Å².